The minimum atomic E-state index is -2.36. The highest BCUT2D eigenvalue weighted by molar-refractivity contribution is 7.85. The molecule has 1 fully saturated rings. The van der Waals surface area contributed by atoms with Gasteiger partial charge in [-0.25, -0.2) is 4.79 Å². The number of nitrogens with zero attached hydrogens (tertiary/aromatic N) is 1. The second kappa shape index (κ2) is 29.6. The first-order chi connectivity index (χ1) is 38.1. The van der Waals surface area contributed by atoms with E-state index in [1.54, 1.807) is 34.6 Å². The molecular weight excluding hydrogens is 1080 g/mol. The molecule has 27 heteroatoms. The van der Waals surface area contributed by atoms with Crippen LogP contribution in [0.4, 0.5) is 4.79 Å². The first-order valence-corrected chi connectivity index (χ1v) is 28.8. The summed E-state index contributed by atoms with van der Waals surface area (Å²) < 4.78 is 25.5. The zero-order valence-corrected chi connectivity index (χ0v) is 47.5. The second-order valence-electron chi connectivity index (χ2n) is 22.2. The van der Waals surface area contributed by atoms with Gasteiger partial charge in [0, 0.05) is 68.5 Å². The number of hydrogen-bond acceptors (Lipinski definition) is 17. The number of H-pyrrole nitrogens is 1. The maximum Gasteiger partial charge on any atom is 0.407 e. The number of benzene rings is 1. The molecule has 0 radical (unpaired) electrons. The van der Waals surface area contributed by atoms with Gasteiger partial charge >= 0.3 is 12.1 Å². The molecule has 3 unspecified atom stereocenters. The van der Waals surface area contributed by atoms with Crippen LogP contribution in [-0.2, 0) is 74.6 Å². The number of nitrogens with two attached hydrogens (primary N) is 1. The summed E-state index contributed by atoms with van der Waals surface area (Å²) in [6.07, 6.45) is -3.15. The number of alkyl carbamates (subject to hydrolysis) is 1. The molecule has 0 spiro atoms. The number of hydrogen-bond donors (Lipinski definition) is 11. The molecule has 2 aromatic rings. The van der Waals surface area contributed by atoms with Crippen LogP contribution < -0.4 is 37.6 Å². The summed E-state index contributed by atoms with van der Waals surface area (Å²) in [5, 5.41) is 48.6. The zero-order chi connectivity index (χ0) is 59.9. The third-order valence-corrected chi connectivity index (χ3v) is 16.0. The number of aromatic hydroxyl groups is 1. The van der Waals surface area contributed by atoms with E-state index in [2.05, 4.69) is 36.9 Å². The van der Waals surface area contributed by atoms with Crippen molar-refractivity contribution in [3.8, 4) is 5.75 Å². The molecule has 8 amide bonds. The topological polar surface area (TPSA) is 401 Å². The Morgan fingerprint density at radius 3 is 2.21 bits per heavy atom. The van der Waals surface area contributed by atoms with Gasteiger partial charge in [-0.15, -0.1) is 0 Å². The molecule has 0 saturated carbocycles. The summed E-state index contributed by atoms with van der Waals surface area (Å²) in [7, 11) is -2.36. The fourth-order valence-corrected chi connectivity index (χ4v) is 11.4. The van der Waals surface area contributed by atoms with Gasteiger partial charge < -0.3 is 72.3 Å². The van der Waals surface area contributed by atoms with Gasteiger partial charge in [0.05, 0.1) is 65.4 Å². The first-order valence-electron chi connectivity index (χ1n) is 27.4. The highest BCUT2D eigenvalue weighted by Crippen LogP contribution is 2.33. The predicted molar refractivity (Wildman–Crippen MR) is 290 cm³/mol. The summed E-state index contributed by atoms with van der Waals surface area (Å²) in [4.78, 5) is 156. The maximum absolute atomic E-state index is 15.1. The smallest absolute Gasteiger partial charge is 0.407 e. The van der Waals surface area contributed by atoms with Crippen molar-refractivity contribution in [2.24, 2.45) is 29.4 Å². The average molecular weight is 1160 g/mol. The number of esters is 1. The van der Waals surface area contributed by atoms with Gasteiger partial charge in [-0.05, 0) is 63.6 Å². The van der Waals surface area contributed by atoms with Gasteiger partial charge in [0.2, 0.25) is 41.4 Å². The highest BCUT2D eigenvalue weighted by Gasteiger charge is 2.45. The number of aromatic amines is 1. The molecule has 2 bridgehead atoms. The van der Waals surface area contributed by atoms with Crippen LogP contribution in [0.25, 0.3) is 10.9 Å². The van der Waals surface area contributed by atoms with Crippen molar-refractivity contribution in [1.82, 2.24) is 41.8 Å². The highest BCUT2D eigenvalue weighted by atomic mass is 32.2. The molecule has 448 valence electrons. The number of unbranched alkanes of at least 4 members (excludes halogenated alkanes) is 4. The molecule has 12 N–H and O–H groups in total. The maximum atomic E-state index is 15.1. The van der Waals surface area contributed by atoms with Crippen LogP contribution in [-0.4, -0.2) is 175 Å². The summed E-state index contributed by atoms with van der Waals surface area (Å²) in [6, 6.07) is -2.21. The number of ketones is 2. The monoisotopic (exact) mass is 1160 g/mol. The molecule has 11 atom stereocenters. The Morgan fingerprint density at radius 2 is 1.53 bits per heavy atom. The molecule has 1 saturated heterocycles. The lowest BCUT2D eigenvalue weighted by Crippen LogP contribution is -2.56. The van der Waals surface area contributed by atoms with Gasteiger partial charge in [-0.3, -0.25) is 52.2 Å². The number of primary amides is 1. The predicted octanol–water partition coefficient (Wildman–Crippen LogP) is -0.323. The standard InChI is InChI=1S/C54H79N9O17S/c1-7-28(2)46-50(75)58-23-43(70)59-37-27-81(78)51-35(34-15-14-32(64)21-36(34)60-51)17-30(48(73)57-24-44(71)61-46)18-40(67)47(62-49(74)38-22-33(65)25-63(38)52(76)31(19-39(37)66)20-42(55)69)29(3)41(68)26-79-45(72)13-11-9-8-10-12-16-56-53(77)80-54(4,5)6/h14-15,21,28-31,33,37-38,41,46-47,60,64-65,68H,7-13,16-20,22-27H2,1-6H3,(H2,55,69)(H,56,77)(H,57,73)(H,58,75)(H,59,70)(H,61,71)(H,62,74)/t28-,29-,30?,31-,33?,37?,38-,41-,46-,47-,81+/m0/s1. The molecule has 4 heterocycles. The largest absolute Gasteiger partial charge is 0.508 e. The molecule has 3 aliphatic heterocycles. The summed E-state index contributed by atoms with van der Waals surface area (Å²) in [5.41, 5.74) is 5.30. The van der Waals surface area contributed by atoms with E-state index in [4.69, 9.17) is 15.2 Å². The van der Waals surface area contributed by atoms with Gasteiger partial charge in [-0.1, -0.05) is 46.5 Å². The van der Waals surface area contributed by atoms with Crippen LogP contribution in [0.15, 0.2) is 23.2 Å². The van der Waals surface area contributed by atoms with E-state index in [9.17, 15) is 67.5 Å². The molecule has 5 rings (SSSR count). The Kier molecular flexibility index (Phi) is 23.7. The molecule has 26 nitrogen and oxygen atoms in total. The molecule has 3 aliphatic rings. The Bertz CT molecular complexity index is 2690. The molecule has 1 aromatic carbocycles. The number of Topliss-reactive ketones (excluding diaryl/α,β-unsaturated/α-hetero) is 2. The van der Waals surface area contributed by atoms with E-state index in [1.807, 2.05) is 0 Å². The molecular formula is C54H79N9O17S. The van der Waals surface area contributed by atoms with E-state index >= 15 is 4.79 Å². The van der Waals surface area contributed by atoms with E-state index < -0.39 is 206 Å². The van der Waals surface area contributed by atoms with Crippen LogP contribution in [0.5, 0.6) is 5.75 Å². The van der Waals surface area contributed by atoms with Crippen LogP contribution >= 0.6 is 0 Å². The number of phenols is 1. The Morgan fingerprint density at radius 1 is 0.864 bits per heavy atom. The lowest BCUT2D eigenvalue weighted by Gasteiger charge is -2.32. The number of fused-ring (bicyclic) bond motifs is 5. The number of carbonyl (C=O) groups excluding carboxylic acids is 11. The number of aliphatic hydroxyl groups excluding tert-OH is 2. The minimum absolute atomic E-state index is 0.0254. The fraction of sp³-hybridized carbons (Fsp3) is 0.648. The number of amides is 8. The average Bonchev–Trinajstić information content (AvgIpc) is 4.17. The molecule has 1 aromatic heterocycles. The van der Waals surface area contributed by atoms with E-state index in [0.717, 1.165) is 17.7 Å². The number of phenolic OH excluding ortho intramolecular Hbond substituents is 1. The molecule has 0 aliphatic carbocycles. The van der Waals surface area contributed by atoms with Crippen LogP contribution in [0.3, 0.4) is 0 Å². The van der Waals surface area contributed by atoms with Crippen LogP contribution in [0.1, 0.15) is 118 Å². The molecule has 81 heavy (non-hydrogen) atoms. The van der Waals surface area contributed by atoms with Crippen molar-refractivity contribution in [3.63, 3.8) is 0 Å². The zero-order valence-electron chi connectivity index (χ0n) is 46.7. The lowest BCUT2D eigenvalue weighted by atomic mass is 9.85. The minimum Gasteiger partial charge on any atom is -0.508 e. The fourth-order valence-electron chi connectivity index (χ4n) is 9.92. The summed E-state index contributed by atoms with van der Waals surface area (Å²) >= 11 is 0. The number of aromatic nitrogens is 1. The van der Waals surface area contributed by atoms with E-state index in [0.29, 0.717) is 37.6 Å². The van der Waals surface area contributed by atoms with Crippen LogP contribution in [0, 0.1) is 23.7 Å². The third kappa shape index (κ3) is 19.0. The van der Waals surface area contributed by atoms with Crippen molar-refractivity contribution < 1.29 is 81.7 Å². The number of aliphatic hydroxyl groups is 2. The number of rotatable bonds is 16. The first kappa shape index (κ1) is 64.8. The van der Waals surface area contributed by atoms with Gasteiger partial charge in [-0.2, -0.15) is 0 Å². The quantitative estimate of drug-likeness (QED) is 0.0758. The summed E-state index contributed by atoms with van der Waals surface area (Å²) in [5.74, 6) is -15.0. The number of carbonyl (C=O) groups is 11. The van der Waals surface area contributed by atoms with Crippen molar-refractivity contribution in [3.05, 3.63) is 23.8 Å². The van der Waals surface area contributed by atoms with Gasteiger partial charge in [0.25, 0.3) is 0 Å². The van der Waals surface area contributed by atoms with Gasteiger partial charge in [0.1, 0.15) is 35.1 Å². The Labute approximate surface area is 471 Å². The normalized spacial score (nSPS) is 25.2. The van der Waals surface area contributed by atoms with Gasteiger partial charge in [0.15, 0.2) is 11.6 Å². The lowest BCUT2D eigenvalue weighted by molar-refractivity contribution is -0.149. The van der Waals surface area contributed by atoms with Crippen molar-refractivity contribution in [2.75, 3.05) is 38.5 Å². The SMILES string of the molecule is CC[C@H](C)[C@@H]1NC(=O)CNC(=O)C2CC(=O)[C@H]([C@@H](C)[C@@H](O)COC(=O)CCCCCCCNC(=O)OC(C)(C)C)NC(=O)[C@@H]3CC(O)CN3C(=O)[C@H](CC(N)=O)CC(=O)C(C[S@@](=O)c3[nH]c4cc(O)ccc4c3C2)NC(=O)CNC1=O. The Balaban J connectivity index is 1.53. The Hall–Kier alpha value is -7.00. The van der Waals surface area contributed by atoms with E-state index in [-0.39, 0.29) is 28.3 Å². The third-order valence-electron chi connectivity index (χ3n) is 14.6. The van der Waals surface area contributed by atoms with E-state index in [1.165, 1.54) is 25.1 Å². The van der Waals surface area contributed by atoms with Crippen LogP contribution in [0.2, 0.25) is 0 Å². The number of nitrogens with one attached hydrogen (secondary N) is 7. The van der Waals surface area contributed by atoms with Crippen molar-refractivity contribution in [1.29, 1.82) is 0 Å². The summed E-state index contributed by atoms with van der Waals surface area (Å²) in [6.45, 7) is 7.83. The second-order valence-corrected chi connectivity index (χ2v) is 23.6. The van der Waals surface area contributed by atoms with Crippen molar-refractivity contribution in [2.45, 2.75) is 166 Å². The number of ether oxygens (including phenoxy) is 2. The van der Waals surface area contributed by atoms with Crippen molar-refractivity contribution >= 4 is 86.7 Å².